The van der Waals surface area contributed by atoms with Gasteiger partial charge in [-0.3, -0.25) is 14.5 Å². The zero-order valence-electron chi connectivity index (χ0n) is 19.3. The fourth-order valence-electron chi connectivity index (χ4n) is 4.85. The second kappa shape index (κ2) is 8.15. The van der Waals surface area contributed by atoms with Crippen LogP contribution in [0.1, 0.15) is 34.6 Å². The number of rotatable bonds is 4. The van der Waals surface area contributed by atoms with E-state index in [0.29, 0.717) is 28.3 Å². The maximum absolute atomic E-state index is 15.1. The Balaban J connectivity index is 1.48. The van der Waals surface area contributed by atoms with Gasteiger partial charge in [-0.05, 0) is 45.9 Å². The second-order valence-corrected chi connectivity index (χ2v) is 8.78. The van der Waals surface area contributed by atoms with Crippen molar-refractivity contribution in [2.24, 2.45) is 7.05 Å². The highest BCUT2D eigenvalue weighted by Gasteiger charge is 2.24. The number of hydrogen-bond acceptors (Lipinski definition) is 5. The maximum atomic E-state index is 15.1. The average molecular weight is 450 g/mol. The Morgan fingerprint density at radius 1 is 1.15 bits per heavy atom. The molecule has 1 aliphatic rings. The minimum atomic E-state index is -0.491. The zero-order valence-corrected chi connectivity index (χ0v) is 19.3. The molecule has 3 aromatic heterocycles. The molecule has 1 amide bonds. The molecule has 33 heavy (non-hydrogen) atoms. The van der Waals surface area contributed by atoms with Crippen molar-refractivity contribution in [3.05, 3.63) is 53.5 Å². The van der Waals surface area contributed by atoms with Crippen LogP contribution in [-0.2, 0) is 7.05 Å². The van der Waals surface area contributed by atoms with Crippen LogP contribution in [0.3, 0.4) is 0 Å². The van der Waals surface area contributed by atoms with Gasteiger partial charge in [0.25, 0.3) is 5.91 Å². The summed E-state index contributed by atoms with van der Waals surface area (Å²) in [6, 6.07) is 4.29. The van der Waals surface area contributed by atoms with Crippen molar-refractivity contribution in [3.63, 3.8) is 0 Å². The maximum Gasteiger partial charge on any atom is 0.258 e. The Morgan fingerprint density at radius 2 is 1.91 bits per heavy atom. The van der Waals surface area contributed by atoms with Crippen LogP contribution in [0.2, 0.25) is 0 Å². The lowest BCUT2D eigenvalue weighted by molar-refractivity contribution is 0.102. The molecule has 1 aromatic carbocycles. The minimum absolute atomic E-state index is 0.123. The first-order valence-electron chi connectivity index (χ1n) is 11.2. The number of amides is 1. The van der Waals surface area contributed by atoms with Crippen LogP contribution < -0.4 is 15.5 Å². The Hall–Kier alpha value is -3.46. The van der Waals surface area contributed by atoms with Crippen LogP contribution in [0.15, 0.2) is 30.7 Å². The van der Waals surface area contributed by atoms with Crippen LogP contribution >= 0.6 is 0 Å². The van der Waals surface area contributed by atoms with Gasteiger partial charge in [-0.2, -0.15) is 5.10 Å². The molecule has 0 aliphatic carbocycles. The molecule has 0 spiro atoms. The molecule has 0 bridgehead atoms. The van der Waals surface area contributed by atoms with E-state index in [9.17, 15) is 4.79 Å². The van der Waals surface area contributed by atoms with Crippen molar-refractivity contribution in [3.8, 4) is 0 Å². The normalized spacial score (nSPS) is 15.0. The first kappa shape index (κ1) is 21.4. The summed E-state index contributed by atoms with van der Waals surface area (Å²) >= 11 is 0. The average Bonchev–Trinajstić information content (AvgIpc) is 3.32. The molecule has 172 valence electrons. The van der Waals surface area contributed by atoms with Crippen LogP contribution in [0.5, 0.6) is 0 Å². The van der Waals surface area contributed by atoms with Gasteiger partial charge in [0.2, 0.25) is 0 Å². The summed E-state index contributed by atoms with van der Waals surface area (Å²) in [5, 5.41) is 11.6. The largest absolute Gasteiger partial charge is 0.371 e. The van der Waals surface area contributed by atoms with E-state index >= 15 is 4.39 Å². The van der Waals surface area contributed by atoms with Crippen molar-refractivity contribution in [1.29, 1.82) is 0 Å². The highest BCUT2D eigenvalue weighted by molar-refractivity contribution is 6.14. The van der Waals surface area contributed by atoms with Gasteiger partial charge >= 0.3 is 0 Å². The van der Waals surface area contributed by atoms with Gasteiger partial charge in [0.15, 0.2) is 5.82 Å². The number of carbonyl (C=O) groups is 1. The molecule has 0 radical (unpaired) electrons. The number of fused-ring (bicyclic) bond motifs is 2. The first-order chi connectivity index (χ1) is 15.9. The van der Waals surface area contributed by atoms with Gasteiger partial charge in [-0.1, -0.05) is 0 Å². The van der Waals surface area contributed by atoms with Crippen LogP contribution in [0, 0.1) is 19.7 Å². The topological polar surface area (TPSA) is 79.5 Å². The van der Waals surface area contributed by atoms with E-state index in [1.807, 2.05) is 33.3 Å². The summed E-state index contributed by atoms with van der Waals surface area (Å²) < 4.78 is 18.5. The standard InChI is InChI=1S/C24H28FN7O/c1-14-11-32-13-19(21(25)23(32)15(2)27-14)28-24(33)17-5-6-20(18-12-30(4)29-22(17)18)31-9-7-16(26-3)8-10-31/h5-6,11-13,16,26H,7-10H2,1-4H3,(H,28,33). The fourth-order valence-corrected chi connectivity index (χ4v) is 4.85. The summed E-state index contributed by atoms with van der Waals surface area (Å²) in [5.74, 6) is -0.883. The van der Waals surface area contributed by atoms with E-state index in [4.69, 9.17) is 0 Å². The predicted molar refractivity (Wildman–Crippen MR) is 128 cm³/mol. The highest BCUT2D eigenvalue weighted by atomic mass is 19.1. The molecule has 1 aliphatic heterocycles. The number of anilines is 2. The molecule has 0 saturated carbocycles. The molecule has 0 atom stereocenters. The van der Waals surface area contributed by atoms with Gasteiger partial charge in [0, 0.05) is 55.8 Å². The Bertz CT molecular complexity index is 1360. The van der Waals surface area contributed by atoms with Crippen molar-refractivity contribution in [2.45, 2.75) is 32.7 Å². The van der Waals surface area contributed by atoms with Gasteiger partial charge in [0.1, 0.15) is 11.0 Å². The third kappa shape index (κ3) is 3.72. The monoisotopic (exact) mass is 449 g/mol. The molecule has 5 rings (SSSR count). The number of benzene rings is 1. The predicted octanol–water partition coefficient (Wildman–Crippen LogP) is 3.42. The summed E-state index contributed by atoms with van der Waals surface area (Å²) in [6.45, 7) is 5.49. The fraction of sp³-hybridized carbons (Fsp3) is 0.375. The quantitative estimate of drug-likeness (QED) is 0.499. The van der Waals surface area contributed by atoms with E-state index in [1.54, 1.807) is 34.5 Å². The number of aryl methyl sites for hydroxylation is 3. The van der Waals surface area contributed by atoms with Crippen molar-refractivity contribution in [1.82, 2.24) is 24.5 Å². The number of aromatic nitrogens is 4. The molecule has 9 heteroatoms. The van der Waals surface area contributed by atoms with Gasteiger partial charge in [-0.15, -0.1) is 0 Å². The zero-order chi connectivity index (χ0) is 23.3. The van der Waals surface area contributed by atoms with E-state index in [-0.39, 0.29) is 5.69 Å². The molecule has 1 saturated heterocycles. The summed E-state index contributed by atoms with van der Waals surface area (Å²) in [5.41, 5.74) is 3.93. The highest BCUT2D eigenvalue weighted by Crippen LogP contribution is 2.32. The number of hydrogen-bond donors (Lipinski definition) is 2. The SMILES string of the molecule is CNC1CCN(c2ccc(C(=O)Nc3cn4cc(C)nc(C)c4c3F)c3nn(C)cc23)CC1. The molecule has 4 aromatic rings. The Morgan fingerprint density at radius 3 is 2.64 bits per heavy atom. The Labute approximate surface area is 191 Å². The van der Waals surface area contributed by atoms with Crippen molar-refractivity contribution >= 4 is 33.7 Å². The molecule has 1 fully saturated rings. The van der Waals surface area contributed by atoms with E-state index in [0.717, 1.165) is 42.7 Å². The molecule has 8 nitrogen and oxygen atoms in total. The molecule has 2 N–H and O–H groups in total. The lowest BCUT2D eigenvalue weighted by Crippen LogP contribution is -2.41. The summed E-state index contributed by atoms with van der Waals surface area (Å²) in [4.78, 5) is 19.9. The van der Waals surface area contributed by atoms with Gasteiger partial charge in [-0.25, -0.2) is 4.39 Å². The smallest absolute Gasteiger partial charge is 0.258 e. The van der Waals surface area contributed by atoms with Crippen molar-refractivity contribution in [2.75, 3.05) is 30.4 Å². The van der Waals surface area contributed by atoms with E-state index in [2.05, 4.69) is 25.6 Å². The lowest BCUT2D eigenvalue weighted by atomic mass is 10.0. The Kier molecular flexibility index (Phi) is 5.28. The third-order valence-corrected chi connectivity index (χ3v) is 6.49. The van der Waals surface area contributed by atoms with Gasteiger partial charge < -0.3 is 19.9 Å². The third-order valence-electron chi connectivity index (χ3n) is 6.49. The number of nitrogens with zero attached hydrogens (tertiary/aromatic N) is 5. The molecular formula is C24H28FN7O. The van der Waals surface area contributed by atoms with Crippen molar-refractivity contribution < 1.29 is 9.18 Å². The first-order valence-corrected chi connectivity index (χ1v) is 11.2. The second-order valence-electron chi connectivity index (χ2n) is 8.78. The van der Waals surface area contributed by atoms with Crippen LogP contribution in [-0.4, -0.2) is 51.3 Å². The van der Waals surface area contributed by atoms with Crippen LogP contribution in [0.25, 0.3) is 16.4 Å². The lowest BCUT2D eigenvalue weighted by Gasteiger charge is -2.33. The summed E-state index contributed by atoms with van der Waals surface area (Å²) in [7, 11) is 3.85. The van der Waals surface area contributed by atoms with E-state index < -0.39 is 11.7 Å². The molecule has 4 heterocycles. The number of halogens is 1. The van der Waals surface area contributed by atoms with Crippen LogP contribution in [0.4, 0.5) is 15.8 Å². The van der Waals surface area contributed by atoms with E-state index in [1.165, 1.54) is 0 Å². The summed E-state index contributed by atoms with van der Waals surface area (Å²) in [6.07, 6.45) is 7.40. The molecular weight excluding hydrogens is 421 g/mol. The number of piperidine rings is 1. The molecule has 0 unspecified atom stereocenters. The number of nitrogens with one attached hydrogen (secondary N) is 2. The minimum Gasteiger partial charge on any atom is -0.371 e. The van der Waals surface area contributed by atoms with Gasteiger partial charge in [0.05, 0.1) is 22.6 Å². The number of carbonyl (C=O) groups excluding carboxylic acids is 1.